The van der Waals surface area contributed by atoms with Gasteiger partial charge in [-0.1, -0.05) is 0 Å². The highest BCUT2D eigenvalue weighted by atomic mass is 16.9. The molecule has 0 aromatic carbocycles. The van der Waals surface area contributed by atoms with E-state index in [4.69, 9.17) is 15.3 Å². The molecule has 0 spiro atoms. The predicted molar refractivity (Wildman–Crippen MR) is 20.3 cm³/mol. The lowest BCUT2D eigenvalue weighted by molar-refractivity contribution is -0.679. The summed E-state index contributed by atoms with van der Waals surface area (Å²) < 4.78 is 0. The highest BCUT2D eigenvalue weighted by molar-refractivity contribution is 4.03. The van der Waals surface area contributed by atoms with Crippen molar-refractivity contribution in [3.8, 4) is 0 Å². The van der Waals surface area contributed by atoms with Crippen LogP contribution in [0.3, 0.4) is 0 Å². The Labute approximate surface area is 39.6 Å². The molecule has 3 N–H and O–H groups in total. The molecule has 0 atom stereocenters. The monoisotopic (exact) mass is 110 g/mol. The third-order valence-electron chi connectivity index (χ3n) is 0. The van der Waals surface area contributed by atoms with Crippen LogP contribution in [-0.2, 0) is 4.84 Å². The zero-order valence-electron chi connectivity index (χ0n) is 3.79. The predicted octanol–water partition coefficient (Wildman–Crippen LogP) is -1.45. The molecule has 6 heteroatoms. The fourth-order valence-corrected chi connectivity index (χ4v) is 0. The number of hydrogen-bond acceptors (Lipinski definition) is 4. The molecule has 0 aromatic rings. The largest absolute Gasteiger partial charge is 0.356 e. The van der Waals surface area contributed by atoms with Crippen LogP contribution < -0.4 is 5.90 Å². The summed E-state index contributed by atoms with van der Waals surface area (Å²) in [4.78, 5) is 12.2. The smallest absolute Gasteiger partial charge is 0.0951 e. The van der Waals surface area contributed by atoms with Gasteiger partial charge in [0.15, 0.2) is 0 Å². The summed E-state index contributed by atoms with van der Waals surface area (Å²) in [5.41, 5.74) is 0. The zero-order chi connectivity index (χ0) is 6.28. The fraction of sp³-hybridized carbons (Fsp3) is 1.00. The van der Waals surface area contributed by atoms with Crippen molar-refractivity contribution in [2.24, 2.45) is 0 Å². The van der Waals surface area contributed by atoms with Crippen molar-refractivity contribution in [2.45, 2.75) is 0 Å². The average Bonchev–Trinajstić information content (AvgIpc) is 1.33. The average molecular weight is 110 g/mol. The molecule has 0 fully saturated rings. The van der Waals surface area contributed by atoms with Crippen LogP contribution in [0.25, 0.3) is 0 Å². The second-order valence-electron chi connectivity index (χ2n) is 0.512. The van der Waals surface area contributed by atoms with E-state index >= 15 is 0 Å². The van der Waals surface area contributed by atoms with E-state index in [1.807, 2.05) is 0 Å². The van der Waals surface area contributed by atoms with Crippen molar-refractivity contribution < 1.29 is 15.8 Å². The van der Waals surface area contributed by atoms with Crippen molar-refractivity contribution in [3.63, 3.8) is 0 Å². The van der Waals surface area contributed by atoms with Gasteiger partial charge >= 0.3 is 0 Å². The summed E-state index contributed by atoms with van der Waals surface area (Å²) in [6.45, 7) is 0. The Balaban J connectivity index is 0. The maximum Gasteiger partial charge on any atom is 0.0951 e. The van der Waals surface area contributed by atoms with E-state index in [1.165, 1.54) is 7.11 Å². The molecule has 0 saturated carbocycles. The Morgan fingerprint density at radius 1 is 1.71 bits per heavy atom. The summed E-state index contributed by atoms with van der Waals surface area (Å²) in [5, 5.41) is 14.8. The zero-order valence-corrected chi connectivity index (χ0v) is 3.79. The van der Waals surface area contributed by atoms with Gasteiger partial charge in [-0.2, -0.15) is 0 Å². The van der Waals surface area contributed by atoms with Gasteiger partial charge in [0.2, 0.25) is 0 Å². The van der Waals surface area contributed by atoms with Gasteiger partial charge in [0.1, 0.15) is 0 Å². The quantitative estimate of drug-likeness (QED) is 0.304. The molecule has 0 saturated heterocycles. The maximum atomic E-state index is 8.25. The minimum Gasteiger partial charge on any atom is -0.356 e. The number of nitrogens with zero attached hydrogens (tertiary/aromatic N) is 1. The summed E-state index contributed by atoms with van der Waals surface area (Å²) in [6, 6.07) is 0. The highest BCUT2D eigenvalue weighted by Gasteiger charge is 1.45. The van der Waals surface area contributed by atoms with E-state index < -0.39 is 5.09 Å². The lowest BCUT2D eigenvalue weighted by atomic mass is 11.7. The summed E-state index contributed by atoms with van der Waals surface area (Å²) in [6.07, 6.45) is 0. The number of quaternary nitrogens is 1. The van der Waals surface area contributed by atoms with Crippen LogP contribution in [0.4, 0.5) is 0 Å². The Kier molecular flexibility index (Phi) is 12.1. The van der Waals surface area contributed by atoms with Gasteiger partial charge in [-0.25, -0.2) is 10.7 Å². The summed E-state index contributed by atoms with van der Waals surface area (Å²) >= 11 is 0. The Morgan fingerprint density at radius 2 is 1.71 bits per heavy atom. The fourth-order valence-electron chi connectivity index (χ4n) is 0. The van der Waals surface area contributed by atoms with Gasteiger partial charge in [-0.15, -0.1) is 0 Å². The molecule has 0 aromatic heterocycles. The van der Waals surface area contributed by atoms with Gasteiger partial charge in [0.05, 0.1) is 12.2 Å². The van der Waals surface area contributed by atoms with Crippen LogP contribution in [0.5, 0.6) is 0 Å². The van der Waals surface area contributed by atoms with Crippen LogP contribution in [0.15, 0.2) is 0 Å². The summed E-state index contributed by atoms with van der Waals surface area (Å²) in [7, 11) is 1.51. The molecule has 0 bridgehead atoms. The van der Waals surface area contributed by atoms with Gasteiger partial charge < -0.3 is 15.3 Å². The van der Waals surface area contributed by atoms with Crippen LogP contribution in [0.1, 0.15) is 0 Å². The van der Waals surface area contributed by atoms with E-state index in [-0.39, 0.29) is 0 Å². The molecule has 0 aliphatic rings. The first-order valence-corrected chi connectivity index (χ1v) is 1.24. The van der Waals surface area contributed by atoms with Gasteiger partial charge in [0, 0.05) is 0 Å². The third kappa shape index (κ3) is 64.4. The second-order valence-corrected chi connectivity index (χ2v) is 0.512. The first-order chi connectivity index (χ1) is 3.15. The van der Waals surface area contributed by atoms with Crippen molar-refractivity contribution >= 4 is 0 Å². The van der Waals surface area contributed by atoms with Crippen molar-refractivity contribution in [1.29, 1.82) is 0 Å². The Bertz CT molecular complexity index is 41.0. The lowest BCUT2D eigenvalue weighted by Crippen LogP contribution is -2.46. The van der Waals surface area contributed by atoms with Crippen LogP contribution in [0, 0.1) is 15.3 Å². The van der Waals surface area contributed by atoms with Gasteiger partial charge in [0.25, 0.3) is 0 Å². The van der Waals surface area contributed by atoms with Crippen molar-refractivity contribution in [1.82, 2.24) is 0 Å². The van der Waals surface area contributed by atoms with Crippen molar-refractivity contribution in [3.05, 3.63) is 15.3 Å². The summed E-state index contributed by atoms with van der Waals surface area (Å²) in [5.74, 6) is 2.99. The molecule has 44 valence electrons. The van der Waals surface area contributed by atoms with E-state index in [0.717, 1.165) is 0 Å². The van der Waals surface area contributed by atoms with Gasteiger partial charge in [-0.05, 0) is 0 Å². The van der Waals surface area contributed by atoms with E-state index in [2.05, 4.69) is 10.7 Å². The molecule has 0 unspecified atom stereocenters. The molecule has 7 heavy (non-hydrogen) atoms. The second kappa shape index (κ2) is 8.93. The molecule has 0 aliphatic carbocycles. The molecule has 0 amide bonds. The van der Waals surface area contributed by atoms with Crippen LogP contribution in [0.2, 0.25) is 0 Å². The molecule has 6 nitrogen and oxygen atoms in total. The first kappa shape index (κ1) is 9.45. The van der Waals surface area contributed by atoms with Crippen molar-refractivity contribution in [2.75, 3.05) is 7.11 Å². The molecular weight excluding hydrogens is 104 g/mol. The van der Waals surface area contributed by atoms with E-state index in [1.54, 1.807) is 0 Å². The molecule has 0 radical (unpaired) electrons. The standard InChI is InChI=1S/CH6NO.NO3/c1-3-2;2-1(3)4/h1-2H3;/q+1;-1. The first-order valence-electron chi connectivity index (χ1n) is 1.24. The minimum absolute atomic E-state index is 1.51. The minimum atomic E-state index is -1.75. The number of rotatable bonds is 0. The Hall–Kier alpha value is -0.880. The van der Waals surface area contributed by atoms with Crippen LogP contribution >= 0.6 is 0 Å². The van der Waals surface area contributed by atoms with Crippen LogP contribution in [-0.4, -0.2) is 12.2 Å². The molecule has 0 aliphatic heterocycles. The third-order valence-corrected chi connectivity index (χ3v) is 0. The normalized spacial score (nSPS) is 6.00. The molecule has 0 heterocycles. The van der Waals surface area contributed by atoms with E-state index in [0.29, 0.717) is 0 Å². The van der Waals surface area contributed by atoms with Gasteiger partial charge in [-0.3, -0.25) is 0 Å². The van der Waals surface area contributed by atoms with E-state index in [9.17, 15) is 0 Å². The topological polar surface area (TPSA) is 103 Å². The SMILES string of the molecule is CO[NH3+].O=[N+]([O-])[O-]. The Morgan fingerprint density at radius 3 is 1.71 bits per heavy atom. The molecular formula is CH6N2O4. The highest BCUT2D eigenvalue weighted by Crippen LogP contribution is 1.44. The number of hydrogen-bond donors (Lipinski definition) is 1. The molecule has 0 rings (SSSR count). The lowest BCUT2D eigenvalue weighted by Gasteiger charge is -1.74. The maximum absolute atomic E-state index is 8.25.